The first-order valence-electron chi connectivity index (χ1n) is 3.81. The first-order valence-corrected chi connectivity index (χ1v) is 5.52. The molecule has 1 aromatic carbocycles. The molecule has 0 unspecified atom stereocenters. The summed E-state index contributed by atoms with van der Waals surface area (Å²) in [5.74, 6) is 0.556. The molecule has 0 radical (unpaired) electrons. The molecule has 0 heterocycles. The van der Waals surface area contributed by atoms with Crippen molar-refractivity contribution < 1.29 is 0 Å². The van der Waals surface area contributed by atoms with Crippen LogP contribution in [0.5, 0.6) is 0 Å². The minimum atomic E-state index is 0.556. The minimum absolute atomic E-state index is 0.556. The molecule has 0 atom stereocenters. The molecule has 0 saturated heterocycles. The first kappa shape index (κ1) is 11.1. The number of hydrogen-bond donors (Lipinski definition) is 0. The molecule has 0 fully saturated rings. The highest BCUT2D eigenvalue weighted by Gasteiger charge is 1.96. The summed E-state index contributed by atoms with van der Waals surface area (Å²) in [6, 6.07) is 5.79. The van der Waals surface area contributed by atoms with Crippen LogP contribution in [0.2, 0.25) is 5.02 Å². The lowest BCUT2D eigenvalue weighted by atomic mass is 10.1. The normalized spacial score (nSPS) is 11.8. The number of halogens is 3. The molecule has 0 nitrogen and oxygen atoms in total. The minimum Gasteiger partial charge on any atom is -0.122 e. The Morgan fingerprint density at radius 1 is 1.54 bits per heavy atom. The smallest absolute Gasteiger partial charge is 0.0548 e. The Morgan fingerprint density at radius 3 is 2.77 bits per heavy atom. The molecule has 0 spiro atoms. The van der Waals surface area contributed by atoms with Gasteiger partial charge in [0.15, 0.2) is 0 Å². The fourth-order valence-corrected chi connectivity index (χ4v) is 1.52. The fraction of sp³-hybridized carbons (Fsp3) is 0.200. The van der Waals surface area contributed by atoms with Crippen LogP contribution in [0.1, 0.15) is 12.5 Å². The number of benzene rings is 1. The Labute approximate surface area is 96.7 Å². The van der Waals surface area contributed by atoms with Gasteiger partial charge in [0, 0.05) is 10.4 Å². The summed E-state index contributed by atoms with van der Waals surface area (Å²) in [4.78, 5) is 0. The van der Waals surface area contributed by atoms with E-state index in [0.29, 0.717) is 5.88 Å². The van der Waals surface area contributed by atoms with E-state index in [1.807, 2.05) is 31.2 Å². The van der Waals surface area contributed by atoms with Crippen LogP contribution in [-0.4, -0.2) is 5.88 Å². The van der Waals surface area contributed by atoms with Gasteiger partial charge in [0.05, 0.1) is 5.02 Å². The second kappa shape index (κ2) is 5.04. The molecule has 1 rings (SSSR count). The summed E-state index contributed by atoms with van der Waals surface area (Å²) in [6.07, 6.45) is 2.04. The van der Waals surface area contributed by atoms with Crippen LogP contribution < -0.4 is 0 Å². The van der Waals surface area contributed by atoms with Crippen molar-refractivity contribution in [3.05, 3.63) is 38.8 Å². The Morgan fingerprint density at radius 2 is 2.23 bits per heavy atom. The summed E-state index contributed by atoms with van der Waals surface area (Å²) in [5.41, 5.74) is 2.24. The van der Waals surface area contributed by atoms with Gasteiger partial charge in [0.1, 0.15) is 0 Å². The van der Waals surface area contributed by atoms with Crippen molar-refractivity contribution >= 4 is 45.2 Å². The fourth-order valence-electron chi connectivity index (χ4n) is 0.925. The van der Waals surface area contributed by atoms with E-state index < -0.39 is 0 Å². The van der Waals surface area contributed by atoms with Gasteiger partial charge >= 0.3 is 0 Å². The lowest BCUT2D eigenvalue weighted by Gasteiger charge is -1.99. The number of alkyl halides is 1. The van der Waals surface area contributed by atoms with Gasteiger partial charge in [-0.05, 0) is 40.5 Å². The molecule has 0 bridgehead atoms. The monoisotopic (exact) mass is 278 g/mol. The molecule has 0 aromatic heterocycles. The molecule has 0 amide bonds. The van der Waals surface area contributed by atoms with Crippen LogP contribution in [0.25, 0.3) is 6.08 Å². The van der Waals surface area contributed by atoms with Crippen molar-refractivity contribution in [3.8, 4) is 0 Å². The second-order valence-electron chi connectivity index (χ2n) is 2.80. The van der Waals surface area contributed by atoms with Gasteiger partial charge in [-0.15, -0.1) is 11.6 Å². The van der Waals surface area contributed by atoms with Crippen molar-refractivity contribution in [3.63, 3.8) is 0 Å². The third kappa shape index (κ3) is 3.34. The molecule has 0 aliphatic rings. The maximum atomic E-state index is 5.86. The maximum absolute atomic E-state index is 5.86. The Hall–Kier alpha value is 0.0200. The van der Waals surface area contributed by atoms with E-state index in [-0.39, 0.29) is 0 Å². The van der Waals surface area contributed by atoms with Crippen LogP contribution in [0.4, 0.5) is 0 Å². The molecule has 70 valence electrons. The lowest BCUT2D eigenvalue weighted by Crippen LogP contribution is -1.79. The van der Waals surface area contributed by atoms with Crippen LogP contribution >= 0.6 is 39.1 Å². The zero-order valence-electron chi connectivity index (χ0n) is 7.15. The molecule has 0 N–H and O–H groups in total. The third-order valence-corrected chi connectivity index (χ3v) is 3.20. The van der Waals surface area contributed by atoms with E-state index in [9.17, 15) is 0 Å². The van der Waals surface area contributed by atoms with Gasteiger partial charge < -0.3 is 0 Å². The molecule has 0 saturated carbocycles. The molecule has 0 aliphatic carbocycles. The number of rotatable bonds is 2. The molecule has 3 heteroatoms. The molecular weight excluding hydrogens is 271 g/mol. The molecule has 13 heavy (non-hydrogen) atoms. The van der Waals surface area contributed by atoms with Crippen molar-refractivity contribution in [1.29, 1.82) is 0 Å². The highest BCUT2D eigenvalue weighted by molar-refractivity contribution is 9.10. The van der Waals surface area contributed by atoms with Gasteiger partial charge in [0.25, 0.3) is 0 Å². The third-order valence-electron chi connectivity index (χ3n) is 1.57. The Kier molecular flexibility index (Phi) is 4.30. The zero-order valence-corrected chi connectivity index (χ0v) is 10.2. The summed E-state index contributed by atoms with van der Waals surface area (Å²) < 4.78 is 0.908. The van der Waals surface area contributed by atoms with Gasteiger partial charge in [-0.3, -0.25) is 0 Å². The summed E-state index contributed by atoms with van der Waals surface area (Å²) in [7, 11) is 0. The highest BCUT2D eigenvalue weighted by Crippen LogP contribution is 2.24. The van der Waals surface area contributed by atoms with Gasteiger partial charge in [-0.1, -0.05) is 29.3 Å². The van der Waals surface area contributed by atoms with Crippen LogP contribution in [-0.2, 0) is 0 Å². The van der Waals surface area contributed by atoms with Crippen LogP contribution in [0, 0.1) is 0 Å². The summed E-state index contributed by atoms with van der Waals surface area (Å²) in [5, 5.41) is 0.723. The molecule has 1 aromatic rings. The maximum Gasteiger partial charge on any atom is 0.0548 e. The Bertz CT molecular complexity index is 332. The number of hydrogen-bond acceptors (Lipinski definition) is 0. The summed E-state index contributed by atoms with van der Waals surface area (Å²) >= 11 is 14.9. The van der Waals surface area contributed by atoms with E-state index in [0.717, 1.165) is 20.6 Å². The van der Waals surface area contributed by atoms with Crippen LogP contribution in [0.3, 0.4) is 0 Å². The largest absolute Gasteiger partial charge is 0.122 e. The van der Waals surface area contributed by atoms with Crippen molar-refractivity contribution in [2.24, 2.45) is 0 Å². The van der Waals surface area contributed by atoms with Gasteiger partial charge in [-0.2, -0.15) is 0 Å². The predicted octanol–water partition coefficient (Wildman–Crippen LogP) is 4.74. The summed E-state index contributed by atoms with van der Waals surface area (Å²) in [6.45, 7) is 2.00. The zero-order chi connectivity index (χ0) is 9.84. The second-order valence-corrected chi connectivity index (χ2v) is 4.33. The van der Waals surface area contributed by atoms with E-state index in [4.69, 9.17) is 23.2 Å². The first-order chi connectivity index (χ1) is 6.13. The number of allylic oxidation sites excluding steroid dienone is 1. The van der Waals surface area contributed by atoms with E-state index in [2.05, 4.69) is 15.9 Å². The average Bonchev–Trinajstić information content (AvgIpc) is 2.11. The van der Waals surface area contributed by atoms with Gasteiger partial charge in [-0.25, -0.2) is 0 Å². The van der Waals surface area contributed by atoms with E-state index >= 15 is 0 Å². The van der Waals surface area contributed by atoms with Crippen LogP contribution in [0.15, 0.2) is 28.2 Å². The predicted molar refractivity (Wildman–Crippen MR) is 63.5 cm³/mol. The lowest BCUT2D eigenvalue weighted by molar-refractivity contribution is 1.42. The van der Waals surface area contributed by atoms with E-state index in [1.54, 1.807) is 0 Å². The van der Waals surface area contributed by atoms with Gasteiger partial charge in [0.2, 0.25) is 0 Å². The van der Waals surface area contributed by atoms with E-state index in [1.165, 1.54) is 0 Å². The SMILES string of the molecule is C/C(=C/c1ccc(Cl)c(Br)c1)CCl. The standard InChI is InChI=1S/C10H9BrCl2/c1-7(6-12)4-8-2-3-10(13)9(11)5-8/h2-5H,6H2,1H3/b7-4-. The van der Waals surface area contributed by atoms with Crippen molar-refractivity contribution in [1.82, 2.24) is 0 Å². The quantitative estimate of drug-likeness (QED) is 0.686. The molecular formula is C10H9BrCl2. The van der Waals surface area contributed by atoms with Crippen molar-refractivity contribution in [2.45, 2.75) is 6.92 Å². The topological polar surface area (TPSA) is 0 Å². The average molecular weight is 280 g/mol. The highest BCUT2D eigenvalue weighted by atomic mass is 79.9. The Balaban J connectivity index is 2.98. The van der Waals surface area contributed by atoms with Crippen molar-refractivity contribution in [2.75, 3.05) is 5.88 Å². The molecule has 0 aliphatic heterocycles.